The second kappa shape index (κ2) is 7.31. The SMILES string of the molecule is COc1nc(C2C=C(F)C=CC2[C@H]2CC(=O)c3c(C)nc(N)nc3C2)ncc1F. The quantitative estimate of drug-likeness (QED) is 0.846. The van der Waals surface area contributed by atoms with Crippen molar-refractivity contribution in [2.24, 2.45) is 11.8 Å². The van der Waals surface area contributed by atoms with E-state index in [1.54, 1.807) is 13.0 Å². The molecule has 7 nitrogen and oxygen atoms in total. The molecule has 150 valence electrons. The molecule has 2 aromatic rings. The third kappa shape index (κ3) is 3.48. The molecule has 2 unspecified atom stereocenters. The lowest BCUT2D eigenvalue weighted by Gasteiger charge is -2.33. The van der Waals surface area contributed by atoms with E-state index in [0.29, 0.717) is 23.4 Å². The van der Waals surface area contributed by atoms with Crippen LogP contribution in [0, 0.1) is 24.6 Å². The molecule has 0 saturated heterocycles. The zero-order valence-electron chi connectivity index (χ0n) is 15.9. The summed E-state index contributed by atoms with van der Waals surface area (Å²) in [7, 11) is 1.30. The fourth-order valence-corrected chi connectivity index (χ4v) is 4.13. The molecule has 2 aromatic heterocycles. The zero-order valence-corrected chi connectivity index (χ0v) is 15.9. The van der Waals surface area contributed by atoms with Crippen molar-refractivity contribution in [1.82, 2.24) is 19.9 Å². The van der Waals surface area contributed by atoms with Crippen LogP contribution in [0.1, 0.15) is 39.9 Å². The molecule has 0 bridgehead atoms. The van der Waals surface area contributed by atoms with Crippen LogP contribution < -0.4 is 10.5 Å². The summed E-state index contributed by atoms with van der Waals surface area (Å²) >= 11 is 0. The van der Waals surface area contributed by atoms with E-state index in [-0.39, 0.29) is 41.7 Å². The van der Waals surface area contributed by atoms with Gasteiger partial charge in [-0.05, 0) is 37.3 Å². The monoisotopic (exact) mass is 399 g/mol. The molecule has 9 heteroatoms. The Morgan fingerprint density at radius 2 is 2.00 bits per heavy atom. The Morgan fingerprint density at radius 1 is 1.21 bits per heavy atom. The van der Waals surface area contributed by atoms with Gasteiger partial charge in [-0.2, -0.15) is 9.37 Å². The first-order valence-electron chi connectivity index (χ1n) is 9.15. The van der Waals surface area contributed by atoms with Gasteiger partial charge in [-0.1, -0.05) is 6.08 Å². The molecule has 0 radical (unpaired) electrons. The number of nitrogens with zero attached hydrogens (tertiary/aromatic N) is 4. The molecular weight excluding hydrogens is 380 g/mol. The van der Waals surface area contributed by atoms with Crippen LogP contribution in [0.3, 0.4) is 0 Å². The van der Waals surface area contributed by atoms with Crippen molar-refractivity contribution in [3.8, 4) is 5.88 Å². The van der Waals surface area contributed by atoms with Gasteiger partial charge in [0.15, 0.2) is 5.78 Å². The van der Waals surface area contributed by atoms with Crippen molar-refractivity contribution >= 4 is 11.7 Å². The molecule has 0 aromatic carbocycles. The van der Waals surface area contributed by atoms with Crippen molar-refractivity contribution in [2.45, 2.75) is 25.7 Å². The van der Waals surface area contributed by atoms with Crippen molar-refractivity contribution in [1.29, 1.82) is 0 Å². The van der Waals surface area contributed by atoms with Gasteiger partial charge in [0, 0.05) is 12.3 Å². The first-order valence-corrected chi connectivity index (χ1v) is 9.15. The zero-order chi connectivity index (χ0) is 20.7. The number of aromatic nitrogens is 4. The fraction of sp³-hybridized carbons (Fsp3) is 0.350. The van der Waals surface area contributed by atoms with Gasteiger partial charge < -0.3 is 10.5 Å². The molecule has 29 heavy (non-hydrogen) atoms. The third-order valence-electron chi connectivity index (χ3n) is 5.36. The van der Waals surface area contributed by atoms with Gasteiger partial charge in [0.25, 0.3) is 5.88 Å². The van der Waals surface area contributed by atoms with E-state index in [0.717, 1.165) is 6.20 Å². The molecular formula is C20H19F2N5O2. The number of fused-ring (bicyclic) bond motifs is 1. The van der Waals surface area contributed by atoms with E-state index in [2.05, 4.69) is 19.9 Å². The number of aryl methyl sites for hydroxylation is 1. The lowest BCUT2D eigenvalue weighted by Crippen LogP contribution is -2.32. The molecule has 2 heterocycles. The number of nitrogen functional groups attached to an aromatic ring is 1. The van der Waals surface area contributed by atoms with Gasteiger partial charge in [0.1, 0.15) is 11.7 Å². The van der Waals surface area contributed by atoms with Crippen LogP contribution in [0.25, 0.3) is 0 Å². The number of rotatable bonds is 3. The summed E-state index contributed by atoms with van der Waals surface area (Å²) in [5.74, 6) is -2.11. The Morgan fingerprint density at radius 3 is 2.76 bits per heavy atom. The number of allylic oxidation sites excluding steroid dienone is 4. The molecule has 0 spiro atoms. The van der Waals surface area contributed by atoms with E-state index < -0.39 is 17.6 Å². The highest BCUT2D eigenvalue weighted by molar-refractivity contribution is 5.99. The average Bonchev–Trinajstić information content (AvgIpc) is 2.67. The van der Waals surface area contributed by atoms with E-state index >= 15 is 0 Å². The van der Waals surface area contributed by atoms with Crippen molar-refractivity contribution < 1.29 is 18.3 Å². The Bertz CT molecular complexity index is 1050. The Balaban J connectivity index is 1.71. The number of carbonyl (C=O) groups is 1. The van der Waals surface area contributed by atoms with Gasteiger partial charge >= 0.3 is 0 Å². The van der Waals surface area contributed by atoms with E-state index in [4.69, 9.17) is 10.5 Å². The summed E-state index contributed by atoms with van der Waals surface area (Å²) in [6.45, 7) is 1.73. The Kier molecular flexibility index (Phi) is 4.81. The maximum atomic E-state index is 14.1. The number of hydrogen-bond acceptors (Lipinski definition) is 7. The minimum Gasteiger partial charge on any atom is -0.479 e. The molecule has 0 saturated carbocycles. The lowest BCUT2D eigenvalue weighted by atomic mass is 9.71. The average molecular weight is 399 g/mol. The molecule has 3 atom stereocenters. The van der Waals surface area contributed by atoms with Gasteiger partial charge in [0.05, 0.1) is 30.3 Å². The number of methoxy groups -OCH3 is 1. The predicted molar refractivity (Wildman–Crippen MR) is 100 cm³/mol. The van der Waals surface area contributed by atoms with Crippen molar-refractivity contribution in [2.75, 3.05) is 12.8 Å². The van der Waals surface area contributed by atoms with E-state index in [1.165, 1.54) is 19.3 Å². The summed E-state index contributed by atoms with van der Waals surface area (Å²) < 4.78 is 32.7. The van der Waals surface area contributed by atoms with Crippen LogP contribution in [0.15, 0.2) is 30.3 Å². The summed E-state index contributed by atoms with van der Waals surface area (Å²) in [4.78, 5) is 29.3. The molecule has 2 aliphatic carbocycles. The van der Waals surface area contributed by atoms with Crippen molar-refractivity contribution in [3.63, 3.8) is 0 Å². The third-order valence-corrected chi connectivity index (χ3v) is 5.36. The number of carbonyl (C=O) groups excluding carboxylic acids is 1. The maximum absolute atomic E-state index is 14.1. The minimum atomic E-state index is -0.701. The first kappa shape index (κ1) is 19.1. The summed E-state index contributed by atoms with van der Waals surface area (Å²) in [6, 6.07) is 0. The highest BCUT2D eigenvalue weighted by Gasteiger charge is 2.38. The second-order valence-electron chi connectivity index (χ2n) is 7.18. The number of anilines is 1. The number of Topliss-reactive ketones (excluding diaryl/α,β-unsaturated/α-hetero) is 1. The Hall–Kier alpha value is -3.23. The van der Waals surface area contributed by atoms with Crippen LogP contribution in [0.2, 0.25) is 0 Å². The van der Waals surface area contributed by atoms with Gasteiger partial charge in [-0.15, -0.1) is 0 Å². The lowest BCUT2D eigenvalue weighted by molar-refractivity contribution is 0.0928. The topological polar surface area (TPSA) is 104 Å². The molecule has 0 amide bonds. The second-order valence-corrected chi connectivity index (χ2v) is 7.18. The Labute approximate surface area is 165 Å². The number of nitrogens with two attached hydrogens (primary N) is 1. The predicted octanol–water partition coefficient (Wildman–Crippen LogP) is 2.87. The summed E-state index contributed by atoms with van der Waals surface area (Å²) in [6.07, 6.45) is 6.19. The van der Waals surface area contributed by atoms with Crippen LogP contribution in [0.5, 0.6) is 5.88 Å². The highest BCUT2D eigenvalue weighted by Crippen LogP contribution is 2.41. The van der Waals surface area contributed by atoms with Crippen LogP contribution in [-0.4, -0.2) is 32.8 Å². The van der Waals surface area contributed by atoms with Gasteiger partial charge in [-0.25, -0.2) is 19.3 Å². The number of halogens is 2. The van der Waals surface area contributed by atoms with E-state index in [9.17, 15) is 13.6 Å². The number of ketones is 1. The van der Waals surface area contributed by atoms with Gasteiger partial charge in [0.2, 0.25) is 11.8 Å². The number of hydrogen-bond donors (Lipinski definition) is 1. The standard InChI is InChI=1S/C20H19F2N5O2/c1-9-17-15(26-20(23)25-9)5-10(6-16(17)28)12-4-3-11(21)7-13(12)18-24-8-14(22)19(27-18)29-2/h3-4,7-8,10,12-13H,5-6H2,1-2H3,(H2,23,25,26)/t10-,12?,13?/m1/s1. The maximum Gasteiger partial charge on any atom is 0.253 e. The van der Waals surface area contributed by atoms with Crippen molar-refractivity contribution in [3.05, 3.63) is 58.8 Å². The highest BCUT2D eigenvalue weighted by atomic mass is 19.1. The molecule has 0 aliphatic heterocycles. The summed E-state index contributed by atoms with van der Waals surface area (Å²) in [5, 5.41) is 0. The van der Waals surface area contributed by atoms with Crippen LogP contribution >= 0.6 is 0 Å². The van der Waals surface area contributed by atoms with Crippen LogP contribution in [0.4, 0.5) is 14.7 Å². The smallest absolute Gasteiger partial charge is 0.253 e. The largest absolute Gasteiger partial charge is 0.479 e. The van der Waals surface area contributed by atoms with Crippen LogP contribution in [-0.2, 0) is 6.42 Å². The minimum absolute atomic E-state index is 0.0754. The normalized spacial score (nSPS) is 23.5. The molecule has 4 rings (SSSR count). The number of ether oxygens (including phenoxy) is 1. The molecule has 2 aliphatic rings. The molecule has 0 fully saturated rings. The van der Waals surface area contributed by atoms with E-state index in [1.807, 2.05) is 0 Å². The molecule has 2 N–H and O–H groups in total. The first-order chi connectivity index (χ1) is 13.9. The summed E-state index contributed by atoms with van der Waals surface area (Å²) in [5.41, 5.74) is 7.42. The fourth-order valence-electron chi connectivity index (χ4n) is 4.13. The van der Waals surface area contributed by atoms with Gasteiger partial charge in [-0.3, -0.25) is 4.79 Å².